The summed E-state index contributed by atoms with van der Waals surface area (Å²) in [4.78, 5) is 33.5. The molecule has 2 heterocycles. The van der Waals surface area contributed by atoms with Gasteiger partial charge in [0.15, 0.2) is 6.04 Å². The Bertz CT molecular complexity index is 1570. The number of nitrogens with one attached hydrogen (secondary N) is 3. The predicted octanol–water partition coefficient (Wildman–Crippen LogP) is 6.40. The number of esters is 1. The summed E-state index contributed by atoms with van der Waals surface area (Å²) in [7, 11) is 0. The Kier molecular flexibility index (Phi) is 7.84. The molecule has 0 spiro atoms. The molecule has 2 atom stereocenters. The highest BCUT2D eigenvalue weighted by molar-refractivity contribution is 7.98. The lowest BCUT2D eigenvalue weighted by molar-refractivity contribution is -0.152. The largest absolute Gasteiger partial charge is 0.461 e. The van der Waals surface area contributed by atoms with Gasteiger partial charge in [-0.2, -0.15) is 11.8 Å². The molecule has 0 bridgehead atoms. The third kappa shape index (κ3) is 5.48. The molecule has 0 saturated heterocycles. The van der Waals surface area contributed by atoms with Crippen LogP contribution in [-0.4, -0.2) is 40.0 Å². The number of carbonyl (C=O) groups excluding carboxylic acids is 2. The molecular weight excluding hydrogens is 494 g/mol. The second-order valence-corrected chi connectivity index (χ2v) is 10.4. The lowest BCUT2D eigenvalue weighted by Gasteiger charge is -2.23. The molecule has 0 aliphatic heterocycles. The molecule has 0 unspecified atom stereocenters. The highest BCUT2D eigenvalue weighted by Gasteiger charge is 2.29. The molecule has 0 saturated carbocycles. The molecule has 5 rings (SSSR count). The first-order chi connectivity index (χ1) is 18.5. The van der Waals surface area contributed by atoms with Crippen LogP contribution in [0.1, 0.15) is 30.5 Å². The Morgan fingerprint density at radius 1 is 0.868 bits per heavy atom. The van der Waals surface area contributed by atoms with Crippen molar-refractivity contribution in [1.82, 2.24) is 15.3 Å². The van der Waals surface area contributed by atoms with Crippen LogP contribution >= 0.6 is 11.8 Å². The summed E-state index contributed by atoms with van der Waals surface area (Å²) in [6, 6.07) is 22.7. The third-order valence-electron chi connectivity index (χ3n) is 6.76. The second-order valence-electron chi connectivity index (χ2n) is 9.40. The van der Waals surface area contributed by atoms with Crippen molar-refractivity contribution in [2.45, 2.75) is 31.9 Å². The number of benzene rings is 3. The number of rotatable bonds is 10. The van der Waals surface area contributed by atoms with Crippen molar-refractivity contribution in [1.29, 1.82) is 0 Å². The van der Waals surface area contributed by atoms with E-state index in [4.69, 9.17) is 4.74 Å². The second kappa shape index (κ2) is 11.6. The van der Waals surface area contributed by atoms with Crippen molar-refractivity contribution in [3.05, 3.63) is 96.3 Å². The van der Waals surface area contributed by atoms with Crippen LogP contribution in [0.2, 0.25) is 0 Å². The quantitative estimate of drug-likeness (QED) is 0.184. The van der Waals surface area contributed by atoms with Crippen LogP contribution in [0.15, 0.2) is 85.2 Å². The molecule has 0 aliphatic carbocycles. The van der Waals surface area contributed by atoms with E-state index in [1.807, 2.05) is 98.4 Å². The number of ether oxygens (including phenoxy) is 1. The molecule has 0 aliphatic rings. The van der Waals surface area contributed by atoms with E-state index >= 15 is 0 Å². The molecule has 0 fully saturated rings. The summed E-state index contributed by atoms with van der Waals surface area (Å²) >= 11 is 1.71. The topological polar surface area (TPSA) is 87.0 Å². The number of fused-ring (bicyclic) bond motifs is 2. The smallest absolute Gasteiger partial charge is 0.333 e. The molecule has 1 amide bonds. The molecule has 2 aromatic heterocycles. The van der Waals surface area contributed by atoms with Gasteiger partial charge in [-0.25, -0.2) is 4.79 Å². The number of H-pyrrole nitrogens is 2. The van der Waals surface area contributed by atoms with Crippen molar-refractivity contribution in [2.24, 2.45) is 0 Å². The monoisotopic (exact) mass is 525 g/mol. The zero-order chi connectivity index (χ0) is 26.5. The molecule has 3 aromatic carbocycles. The van der Waals surface area contributed by atoms with E-state index in [0.717, 1.165) is 50.7 Å². The van der Waals surface area contributed by atoms with Crippen molar-refractivity contribution < 1.29 is 14.3 Å². The van der Waals surface area contributed by atoms with E-state index in [-0.39, 0.29) is 18.4 Å². The fourth-order valence-electron chi connectivity index (χ4n) is 4.82. The maximum absolute atomic E-state index is 13.6. The van der Waals surface area contributed by atoms with Crippen molar-refractivity contribution in [3.8, 4) is 11.1 Å². The number of aromatic nitrogens is 2. The number of aromatic amines is 2. The summed E-state index contributed by atoms with van der Waals surface area (Å²) in [6.45, 7) is 1.89. The molecular formula is C31H31N3O3S. The minimum Gasteiger partial charge on any atom is -0.461 e. The first kappa shape index (κ1) is 25.7. The number of thioether (sulfide) groups is 1. The molecule has 0 radical (unpaired) electrons. The molecule has 3 N–H and O–H groups in total. The van der Waals surface area contributed by atoms with Crippen LogP contribution in [0.25, 0.3) is 32.9 Å². The predicted molar refractivity (Wildman–Crippen MR) is 155 cm³/mol. The van der Waals surface area contributed by atoms with Crippen LogP contribution in [0.3, 0.4) is 0 Å². The standard InChI is InChI=1S/C31H31N3O3S/c1-20(15-16-38-2)37-31(36)30(34-29(35)17-21-18-32-27-13-7-5-9-22(21)27)25-12-4-3-10-23(25)26-19-33-28-14-8-6-11-24(26)28/h3-14,18-20,30,32-33H,15-17H2,1-2H3,(H,34,35)/t20-,30-/m0/s1. The first-order valence-electron chi connectivity index (χ1n) is 12.7. The molecule has 7 heteroatoms. The van der Waals surface area contributed by atoms with Gasteiger partial charge in [0.1, 0.15) is 0 Å². The summed E-state index contributed by atoms with van der Waals surface area (Å²) in [5.74, 6) is 0.179. The minimum absolute atomic E-state index is 0.144. The van der Waals surface area contributed by atoms with E-state index in [1.54, 1.807) is 11.8 Å². The number of para-hydroxylation sites is 2. The molecule has 6 nitrogen and oxygen atoms in total. The summed E-state index contributed by atoms with van der Waals surface area (Å²) in [5.41, 5.74) is 5.39. The maximum atomic E-state index is 13.6. The average Bonchev–Trinajstić information content (AvgIpc) is 3.55. The lowest BCUT2D eigenvalue weighted by atomic mass is 9.94. The zero-order valence-electron chi connectivity index (χ0n) is 21.5. The number of hydrogen-bond donors (Lipinski definition) is 3. The minimum atomic E-state index is -0.950. The molecule has 5 aromatic rings. The molecule has 38 heavy (non-hydrogen) atoms. The number of hydrogen-bond acceptors (Lipinski definition) is 4. The van der Waals surface area contributed by atoms with E-state index < -0.39 is 12.0 Å². The Labute approximate surface area is 226 Å². The Morgan fingerprint density at radius 3 is 2.32 bits per heavy atom. The van der Waals surface area contributed by atoms with Gasteiger partial charge in [-0.15, -0.1) is 0 Å². The van der Waals surface area contributed by atoms with E-state index in [1.165, 1.54) is 0 Å². The number of amides is 1. The average molecular weight is 526 g/mol. The van der Waals surface area contributed by atoms with Crippen LogP contribution in [-0.2, 0) is 20.7 Å². The number of carbonyl (C=O) groups is 2. The maximum Gasteiger partial charge on any atom is 0.333 e. The van der Waals surface area contributed by atoms with Crippen LogP contribution in [0.5, 0.6) is 0 Å². The normalized spacial score (nSPS) is 12.9. The van der Waals surface area contributed by atoms with Gasteiger partial charge in [0, 0.05) is 39.8 Å². The van der Waals surface area contributed by atoms with E-state index in [2.05, 4.69) is 15.3 Å². The van der Waals surface area contributed by atoms with Crippen LogP contribution in [0.4, 0.5) is 0 Å². The Hall–Kier alpha value is -3.97. The van der Waals surface area contributed by atoms with Crippen LogP contribution in [0, 0.1) is 0 Å². The van der Waals surface area contributed by atoms with Crippen molar-refractivity contribution in [3.63, 3.8) is 0 Å². The lowest BCUT2D eigenvalue weighted by Crippen LogP contribution is -2.37. The van der Waals surface area contributed by atoms with Gasteiger partial charge in [-0.3, -0.25) is 4.79 Å². The van der Waals surface area contributed by atoms with E-state index in [9.17, 15) is 9.59 Å². The summed E-state index contributed by atoms with van der Waals surface area (Å²) in [5, 5.41) is 5.04. The zero-order valence-corrected chi connectivity index (χ0v) is 22.3. The molecule has 194 valence electrons. The summed E-state index contributed by atoms with van der Waals surface area (Å²) < 4.78 is 5.85. The van der Waals surface area contributed by atoms with Gasteiger partial charge >= 0.3 is 5.97 Å². The van der Waals surface area contributed by atoms with Gasteiger partial charge in [-0.1, -0.05) is 60.7 Å². The highest BCUT2D eigenvalue weighted by Crippen LogP contribution is 2.34. The Morgan fingerprint density at radius 2 is 1.53 bits per heavy atom. The van der Waals surface area contributed by atoms with Crippen molar-refractivity contribution >= 4 is 45.4 Å². The van der Waals surface area contributed by atoms with Gasteiger partial charge in [0.05, 0.1) is 12.5 Å². The van der Waals surface area contributed by atoms with Gasteiger partial charge in [-0.05, 0) is 54.2 Å². The SMILES string of the molecule is CSCC[C@H](C)OC(=O)[C@@H](NC(=O)Cc1c[nH]c2ccccc12)c1ccccc1-c1c[nH]c2ccccc12. The highest BCUT2D eigenvalue weighted by atomic mass is 32.2. The summed E-state index contributed by atoms with van der Waals surface area (Å²) in [6.07, 6.45) is 6.45. The fraction of sp³-hybridized carbons (Fsp3) is 0.226. The van der Waals surface area contributed by atoms with Gasteiger partial charge in [0.2, 0.25) is 5.91 Å². The fourth-order valence-corrected chi connectivity index (χ4v) is 5.39. The van der Waals surface area contributed by atoms with Crippen molar-refractivity contribution in [2.75, 3.05) is 12.0 Å². The Balaban J connectivity index is 1.48. The first-order valence-corrected chi connectivity index (χ1v) is 14.1. The van der Waals surface area contributed by atoms with E-state index in [0.29, 0.717) is 5.56 Å². The van der Waals surface area contributed by atoms with Gasteiger partial charge < -0.3 is 20.0 Å². The third-order valence-corrected chi connectivity index (χ3v) is 7.41. The van der Waals surface area contributed by atoms with Crippen LogP contribution < -0.4 is 5.32 Å². The van der Waals surface area contributed by atoms with Gasteiger partial charge in [0.25, 0.3) is 0 Å².